The average Bonchev–Trinajstić information content (AvgIpc) is 2.55. The lowest BCUT2D eigenvalue weighted by molar-refractivity contribution is 0.0663. The fraction of sp³-hybridized carbons (Fsp3) is 0.444. The zero-order valence-electron chi connectivity index (χ0n) is 13.4. The minimum atomic E-state index is -1.23. The third-order valence-electron chi connectivity index (χ3n) is 4.47. The van der Waals surface area contributed by atoms with Crippen LogP contribution in [0.5, 0.6) is 5.75 Å². The molecule has 3 rings (SSSR count). The normalized spacial score (nSPS) is 13.8. The van der Waals surface area contributed by atoms with Gasteiger partial charge in [-0.25, -0.2) is 4.79 Å². The molecule has 0 saturated carbocycles. The number of hydrogen-bond donors (Lipinski definition) is 1. The third-order valence-corrected chi connectivity index (χ3v) is 4.47. The Morgan fingerprint density at radius 2 is 2.00 bits per heavy atom. The lowest BCUT2D eigenvalue weighted by Gasteiger charge is -2.23. The molecule has 2 aromatic rings. The van der Waals surface area contributed by atoms with Gasteiger partial charge < -0.3 is 14.3 Å². The summed E-state index contributed by atoms with van der Waals surface area (Å²) < 4.78 is 11.1. The predicted molar refractivity (Wildman–Crippen MR) is 86.6 cm³/mol. The molecule has 0 bridgehead atoms. The van der Waals surface area contributed by atoms with Crippen molar-refractivity contribution in [2.75, 3.05) is 7.11 Å². The Morgan fingerprint density at radius 3 is 2.61 bits per heavy atom. The van der Waals surface area contributed by atoms with E-state index in [9.17, 15) is 14.7 Å². The summed E-state index contributed by atoms with van der Waals surface area (Å²) in [4.78, 5) is 23.7. The Kier molecular flexibility index (Phi) is 4.11. The van der Waals surface area contributed by atoms with Crippen LogP contribution in [0.1, 0.15) is 53.4 Å². The number of carbonyl (C=O) groups is 1. The molecule has 122 valence electrons. The standard InChI is InChI=1S/C18H20O5/c1-3-6-11-10-7-4-5-8-12(10)17-15(16(11)22-2)13(19)9-14(23-17)18(20)21/h9H,3-8H2,1-2H3,(H,20,21). The third kappa shape index (κ3) is 2.50. The largest absolute Gasteiger partial charge is 0.496 e. The Labute approximate surface area is 133 Å². The monoisotopic (exact) mass is 316 g/mol. The Balaban J connectivity index is 2.47. The molecule has 0 unspecified atom stereocenters. The molecule has 1 aliphatic carbocycles. The molecular formula is C18H20O5. The highest BCUT2D eigenvalue weighted by Crippen LogP contribution is 2.39. The molecular weight excluding hydrogens is 296 g/mol. The molecule has 1 heterocycles. The van der Waals surface area contributed by atoms with E-state index < -0.39 is 5.97 Å². The van der Waals surface area contributed by atoms with Crippen molar-refractivity contribution in [3.63, 3.8) is 0 Å². The lowest BCUT2D eigenvalue weighted by Crippen LogP contribution is -2.15. The first-order valence-corrected chi connectivity index (χ1v) is 8.00. The zero-order valence-corrected chi connectivity index (χ0v) is 13.4. The van der Waals surface area contributed by atoms with Gasteiger partial charge in [-0.05, 0) is 48.8 Å². The molecule has 0 atom stereocenters. The lowest BCUT2D eigenvalue weighted by atomic mass is 9.84. The van der Waals surface area contributed by atoms with Crippen molar-refractivity contribution in [3.8, 4) is 5.75 Å². The molecule has 0 saturated heterocycles. The van der Waals surface area contributed by atoms with Crippen molar-refractivity contribution in [1.82, 2.24) is 0 Å². The minimum Gasteiger partial charge on any atom is -0.496 e. The van der Waals surface area contributed by atoms with Gasteiger partial charge in [0.2, 0.25) is 5.76 Å². The molecule has 1 aliphatic rings. The van der Waals surface area contributed by atoms with Crippen molar-refractivity contribution < 1.29 is 19.1 Å². The van der Waals surface area contributed by atoms with Gasteiger partial charge in [-0.3, -0.25) is 4.79 Å². The quantitative estimate of drug-likeness (QED) is 0.936. The molecule has 1 aromatic heterocycles. The van der Waals surface area contributed by atoms with Gasteiger partial charge in [-0.15, -0.1) is 0 Å². The summed E-state index contributed by atoms with van der Waals surface area (Å²) >= 11 is 0. The smallest absolute Gasteiger partial charge is 0.371 e. The predicted octanol–water partition coefficient (Wildman–Crippen LogP) is 3.33. The fourth-order valence-corrected chi connectivity index (χ4v) is 3.54. The number of hydrogen-bond acceptors (Lipinski definition) is 4. The van der Waals surface area contributed by atoms with Gasteiger partial charge in [0.25, 0.3) is 0 Å². The van der Waals surface area contributed by atoms with Crippen LogP contribution in [-0.4, -0.2) is 18.2 Å². The molecule has 0 spiro atoms. The van der Waals surface area contributed by atoms with E-state index in [0.717, 1.165) is 55.7 Å². The average molecular weight is 316 g/mol. The van der Waals surface area contributed by atoms with E-state index >= 15 is 0 Å². The fourth-order valence-electron chi connectivity index (χ4n) is 3.54. The summed E-state index contributed by atoms with van der Waals surface area (Å²) in [6.45, 7) is 2.09. The maximum absolute atomic E-state index is 12.5. The number of rotatable bonds is 4. The number of aromatic carboxylic acids is 1. The molecule has 0 amide bonds. The van der Waals surface area contributed by atoms with Crippen LogP contribution in [0.2, 0.25) is 0 Å². The highest BCUT2D eigenvalue weighted by Gasteiger charge is 2.26. The SMILES string of the molecule is CCCc1c2c(c3oc(C(=O)O)cc(=O)c3c1OC)CCCC2. The molecule has 0 aliphatic heterocycles. The second-order valence-electron chi connectivity index (χ2n) is 5.91. The molecule has 23 heavy (non-hydrogen) atoms. The van der Waals surface area contributed by atoms with E-state index in [-0.39, 0.29) is 11.2 Å². The second-order valence-corrected chi connectivity index (χ2v) is 5.91. The van der Waals surface area contributed by atoms with Crippen LogP contribution in [0, 0.1) is 0 Å². The van der Waals surface area contributed by atoms with Crippen molar-refractivity contribution >= 4 is 16.9 Å². The van der Waals surface area contributed by atoms with Gasteiger partial charge in [0.05, 0.1) is 7.11 Å². The van der Waals surface area contributed by atoms with Gasteiger partial charge >= 0.3 is 5.97 Å². The molecule has 5 heteroatoms. The van der Waals surface area contributed by atoms with E-state index in [4.69, 9.17) is 9.15 Å². The summed E-state index contributed by atoms with van der Waals surface area (Å²) in [5, 5.41) is 9.55. The van der Waals surface area contributed by atoms with Crippen molar-refractivity contribution in [1.29, 1.82) is 0 Å². The van der Waals surface area contributed by atoms with E-state index in [1.807, 2.05) is 0 Å². The first-order chi connectivity index (χ1) is 11.1. The highest BCUT2D eigenvalue weighted by molar-refractivity contribution is 5.93. The molecule has 1 N–H and O–H groups in total. The molecule has 1 aromatic carbocycles. The summed E-state index contributed by atoms with van der Waals surface area (Å²) in [5.41, 5.74) is 3.27. The number of ether oxygens (including phenoxy) is 1. The number of carboxylic acids is 1. The molecule has 5 nitrogen and oxygen atoms in total. The summed E-state index contributed by atoms with van der Waals surface area (Å²) in [5.74, 6) is -1.00. The van der Waals surface area contributed by atoms with Crippen LogP contribution >= 0.6 is 0 Å². The number of fused-ring (bicyclic) bond motifs is 3. The van der Waals surface area contributed by atoms with E-state index in [0.29, 0.717) is 16.7 Å². The highest BCUT2D eigenvalue weighted by atomic mass is 16.5. The maximum Gasteiger partial charge on any atom is 0.371 e. The second kappa shape index (κ2) is 6.07. The van der Waals surface area contributed by atoms with Gasteiger partial charge in [0.1, 0.15) is 16.7 Å². The van der Waals surface area contributed by atoms with Gasteiger partial charge in [-0.1, -0.05) is 13.3 Å². The zero-order chi connectivity index (χ0) is 16.6. The van der Waals surface area contributed by atoms with Crippen molar-refractivity contribution in [3.05, 3.63) is 38.7 Å². The van der Waals surface area contributed by atoms with E-state index in [1.54, 1.807) is 7.11 Å². The van der Waals surface area contributed by atoms with Crippen molar-refractivity contribution in [2.45, 2.75) is 45.4 Å². The summed E-state index contributed by atoms with van der Waals surface area (Å²) in [7, 11) is 1.55. The maximum atomic E-state index is 12.5. The molecule has 0 radical (unpaired) electrons. The molecule has 0 fully saturated rings. The first kappa shape index (κ1) is 15.6. The van der Waals surface area contributed by atoms with Crippen LogP contribution in [0.15, 0.2) is 15.3 Å². The first-order valence-electron chi connectivity index (χ1n) is 8.00. The topological polar surface area (TPSA) is 76.7 Å². The number of aryl methyl sites for hydroxylation is 1. The minimum absolute atomic E-state index is 0.319. The van der Waals surface area contributed by atoms with Gasteiger partial charge in [-0.2, -0.15) is 0 Å². The Morgan fingerprint density at radius 1 is 1.30 bits per heavy atom. The Bertz CT molecular complexity index is 832. The van der Waals surface area contributed by atoms with Crippen LogP contribution in [0.4, 0.5) is 0 Å². The Hall–Kier alpha value is -2.30. The summed E-state index contributed by atoms with van der Waals surface area (Å²) in [6.07, 6.45) is 5.60. The number of benzene rings is 1. The van der Waals surface area contributed by atoms with Gasteiger partial charge in [0.15, 0.2) is 5.43 Å². The van der Waals surface area contributed by atoms with Crippen LogP contribution in [0.25, 0.3) is 11.0 Å². The van der Waals surface area contributed by atoms with E-state index in [2.05, 4.69) is 6.92 Å². The number of carboxylic acid groups (broad SMARTS) is 1. The van der Waals surface area contributed by atoms with Crippen LogP contribution < -0.4 is 10.2 Å². The van der Waals surface area contributed by atoms with Crippen LogP contribution in [0.3, 0.4) is 0 Å². The van der Waals surface area contributed by atoms with Crippen molar-refractivity contribution in [2.24, 2.45) is 0 Å². The van der Waals surface area contributed by atoms with E-state index in [1.165, 1.54) is 5.56 Å². The number of methoxy groups -OCH3 is 1. The van der Waals surface area contributed by atoms with Crippen LogP contribution in [-0.2, 0) is 19.3 Å². The summed E-state index contributed by atoms with van der Waals surface area (Å²) in [6, 6.07) is 1.04. The van der Waals surface area contributed by atoms with Gasteiger partial charge in [0, 0.05) is 6.07 Å².